The Hall–Kier alpha value is -3.69. The smallest absolute Gasteiger partial charge is 0.285 e. The maximum atomic E-state index is 13.2. The van der Waals surface area contributed by atoms with Crippen molar-refractivity contribution in [2.75, 3.05) is 5.32 Å². The summed E-state index contributed by atoms with van der Waals surface area (Å²) in [6.07, 6.45) is 0. The van der Waals surface area contributed by atoms with E-state index in [9.17, 15) is 19.3 Å². The van der Waals surface area contributed by atoms with Gasteiger partial charge in [0.25, 0.3) is 11.6 Å². The van der Waals surface area contributed by atoms with Crippen molar-refractivity contribution in [3.63, 3.8) is 0 Å². The molecule has 0 aliphatic rings. The molecule has 3 rings (SSSR count). The van der Waals surface area contributed by atoms with Crippen LogP contribution in [0.1, 0.15) is 10.4 Å². The van der Waals surface area contributed by atoms with E-state index in [4.69, 9.17) is 0 Å². The highest BCUT2D eigenvalue weighted by molar-refractivity contribution is 6.07. The van der Waals surface area contributed by atoms with Crippen LogP contribution in [0.2, 0.25) is 0 Å². The van der Waals surface area contributed by atoms with Crippen molar-refractivity contribution in [3.05, 3.63) is 64.0 Å². The Morgan fingerprint density at radius 3 is 2.76 bits per heavy atom. The maximum absolute atomic E-state index is 13.2. The number of halogens is 1. The zero-order valence-electron chi connectivity index (χ0n) is 12.9. The third kappa shape index (κ3) is 3.32. The molecule has 0 aliphatic carbocycles. The minimum Gasteiger partial charge on any atom is -0.322 e. The largest absolute Gasteiger partial charge is 0.322 e. The third-order valence-corrected chi connectivity index (χ3v) is 3.40. The monoisotopic (exact) mass is 342 g/mol. The molecule has 2 aromatic carbocycles. The van der Waals surface area contributed by atoms with Crippen LogP contribution < -0.4 is 5.32 Å². The summed E-state index contributed by atoms with van der Waals surface area (Å²) in [6.45, 7) is 0. The normalized spacial score (nSPS) is 10.5. The molecule has 10 heteroatoms. The van der Waals surface area contributed by atoms with Crippen LogP contribution in [-0.2, 0) is 7.05 Å². The Balaban J connectivity index is 1.90. The Morgan fingerprint density at radius 2 is 2.08 bits per heavy atom. The molecule has 0 unspecified atom stereocenters. The van der Waals surface area contributed by atoms with Gasteiger partial charge >= 0.3 is 0 Å². The van der Waals surface area contributed by atoms with Crippen LogP contribution in [0.5, 0.6) is 0 Å². The van der Waals surface area contributed by atoms with Gasteiger partial charge in [-0.05, 0) is 34.7 Å². The highest BCUT2D eigenvalue weighted by Gasteiger charge is 2.21. The molecule has 9 nitrogen and oxygen atoms in total. The van der Waals surface area contributed by atoms with Gasteiger partial charge in [0.05, 0.1) is 11.0 Å². The number of hydrogen-bond donors (Lipinski definition) is 1. The number of nitrogens with one attached hydrogen (secondary N) is 1. The number of rotatable bonds is 4. The number of carbonyl (C=O) groups excluding carboxylic acids is 1. The Morgan fingerprint density at radius 1 is 1.28 bits per heavy atom. The molecule has 0 aliphatic heterocycles. The van der Waals surface area contributed by atoms with E-state index in [0.717, 1.165) is 12.1 Å². The molecule has 3 aromatic rings. The highest BCUT2D eigenvalue weighted by Crippen LogP contribution is 2.23. The molecule has 0 bridgehead atoms. The number of anilines is 1. The van der Waals surface area contributed by atoms with E-state index in [-0.39, 0.29) is 5.56 Å². The Labute approximate surface area is 140 Å². The molecule has 0 spiro atoms. The predicted molar refractivity (Wildman–Crippen MR) is 85.2 cm³/mol. The van der Waals surface area contributed by atoms with Crippen molar-refractivity contribution < 1.29 is 14.1 Å². The number of benzene rings is 2. The second kappa shape index (κ2) is 6.43. The number of nitrogens with zero attached hydrogens (tertiary/aromatic N) is 5. The van der Waals surface area contributed by atoms with Gasteiger partial charge in [0.2, 0.25) is 0 Å². The summed E-state index contributed by atoms with van der Waals surface area (Å²) in [5, 5.41) is 24.7. The molecule has 1 amide bonds. The molecule has 25 heavy (non-hydrogen) atoms. The number of aromatic nitrogens is 4. The summed E-state index contributed by atoms with van der Waals surface area (Å²) in [4.78, 5) is 22.5. The molecule has 126 valence electrons. The topological polar surface area (TPSA) is 116 Å². The lowest BCUT2D eigenvalue weighted by Crippen LogP contribution is -2.14. The van der Waals surface area contributed by atoms with E-state index in [1.165, 1.54) is 4.68 Å². The van der Waals surface area contributed by atoms with Gasteiger partial charge in [-0.3, -0.25) is 14.9 Å². The van der Waals surface area contributed by atoms with Gasteiger partial charge < -0.3 is 5.32 Å². The van der Waals surface area contributed by atoms with E-state index >= 15 is 0 Å². The van der Waals surface area contributed by atoms with Crippen LogP contribution >= 0.6 is 0 Å². The zero-order chi connectivity index (χ0) is 18.0. The van der Waals surface area contributed by atoms with Gasteiger partial charge in [0.15, 0.2) is 5.82 Å². The molecule has 0 fully saturated rings. The standard InChI is InChI=1S/C15H11FN6O3/c1-21-14(18-19-20-21)9-3-2-4-11(7-9)17-15(23)12-6-5-10(16)8-13(12)22(24)25/h2-8H,1H3,(H,17,23). The van der Waals surface area contributed by atoms with Crippen molar-refractivity contribution in [2.24, 2.45) is 7.05 Å². The molecular weight excluding hydrogens is 331 g/mol. The molecule has 0 radical (unpaired) electrons. The molecule has 1 heterocycles. The number of nitro benzene ring substituents is 1. The average molecular weight is 342 g/mol. The van der Waals surface area contributed by atoms with Crippen LogP contribution in [0.15, 0.2) is 42.5 Å². The molecule has 0 atom stereocenters. The first-order valence-electron chi connectivity index (χ1n) is 7.04. The minimum atomic E-state index is -0.806. The van der Waals surface area contributed by atoms with Gasteiger partial charge in [-0.25, -0.2) is 9.07 Å². The van der Waals surface area contributed by atoms with E-state index in [2.05, 4.69) is 20.8 Å². The second-order valence-electron chi connectivity index (χ2n) is 5.08. The van der Waals surface area contributed by atoms with Gasteiger partial charge in [-0.1, -0.05) is 12.1 Å². The summed E-state index contributed by atoms with van der Waals surface area (Å²) in [5.41, 5.74) is 0.200. The van der Waals surface area contributed by atoms with Crippen LogP contribution in [0, 0.1) is 15.9 Å². The quantitative estimate of drug-likeness (QED) is 0.574. The van der Waals surface area contributed by atoms with E-state index in [1.54, 1.807) is 31.3 Å². The van der Waals surface area contributed by atoms with Crippen molar-refractivity contribution in [2.45, 2.75) is 0 Å². The fraction of sp³-hybridized carbons (Fsp3) is 0.0667. The summed E-state index contributed by atoms with van der Waals surface area (Å²) in [7, 11) is 1.67. The van der Waals surface area contributed by atoms with Crippen LogP contribution in [0.3, 0.4) is 0 Å². The van der Waals surface area contributed by atoms with Gasteiger partial charge in [-0.15, -0.1) is 5.10 Å². The molecular formula is C15H11FN6O3. The molecule has 1 N–H and O–H groups in total. The minimum absolute atomic E-state index is 0.239. The summed E-state index contributed by atoms with van der Waals surface area (Å²) >= 11 is 0. The predicted octanol–water partition coefficient (Wildman–Crippen LogP) is 2.18. The summed E-state index contributed by atoms with van der Waals surface area (Å²) < 4.78 is 14.7. The van der Waals surface area contributed by atoms with Crippen molar-refractivity contribution in [1.82, 2.24) is 20.2 Å². The lowest BCUT2D eigenvalue weighted by molar-refractivity contribution is -0.385. The van der Waals surface area contributed by atoms with Gasteiger partial charge in [0, 0.05) is 18.3 Å². The first-order chi connectivity index (χ1) is 12.0. The summed E-state index contributed by atoms with van der Waals surface area (Å²) in [6, 6.07) is 9.43. The van der Waals surface area contributed by atoms with E-state index in [1.807, 2.05) is 0 Å². The average Bonchev–Trinajstić information content (AvgIpc) is 3.01. The number of nitro groups is 1. The van der Waals surface area contributed by atoms with Crippen molar-refractivity contribution in [1.29, 1.82) is 0 Å². The van der Waals surface area contributed by atoms with E-state index < -0.39 is 22.3 Å². The van der Waals surface area contributed by atoms with Gasteiger partial charge in [-0.2, -0.15) is 0 Å². The Bertz CT molecular complexity index is 971. The highest BCUT2D eigenvalue weighted by atomic mass is 19.1. The SMILES string of the molecule is Cn1nnnc1-c1cccc(NC(=O)c2ccc(F)cc2[N+](=O)[O-])c1. The Kier molecular flexibility index (Phi) is 4.16. The lowest BCUT2D eigenvalue weighted by Gasteiger charge is -2.07. The van der Waals surface area contributed by atoms with Crippen molar-refractivity contribution in [3.8, 4) is 11.4 Å². The van der Waals surface area contributed by atoms with Crippen LogP contribution in [0.25, 0.3) is 11.4 Å². The molecule has 0 saturated heterocycles. The van der Waals surface area contributed by atoms with Crippen LogP contribution in [-0.4, -0.2) is 31.0 Å². The third-order valence-electron chi connectivity index (χ3n) is 3.40. The number of amides is 1. The number of aryl methyl sites for hydroxylation is 1. The van der Waals surface area contributed by atoms with Crippen LogP contribution in [0.4, 0.5) is 15.8 Å². The maximum Gasteiger partial charge on any atom is 0.285 e. The van der Waals surface area contributed by atoms with Crippen molar-refractivity contribution >= 4 is 17.3 Å². The first kappa shape index (κ1) is 16.2. The zero-order valence-corrected chi connectivity index (χ0v) is 12.9. The second-order valence-corrected chi connectivity index (χ2v) is 5.08. The molecule has 1 aromatic heterocycles. The summed E-state index contributed by atoms with van der Waals surface area (Å²) in [5.74, 6) is -1.02. The number of carbonyl (C=O) groups is 1. The first-order valence-corrected chi connectivity index (χ1v) is 7.04. The van der Waals surface area contributed by atoms with E-state index in [0.29, 0.717) is 23.1 Å². The van der Waals surface area contributed by atoms with Gasteiger partial charge in [0.1, 0.15) is 11.4 Å². The fourth-order valence-electron chi connectivity index (χ4n) is 2.26. The fourth-order valence-corrected chi connectivity index (χ4v) is 2.26. The lowest BCUT2D eigenvalue weighted by atomic mass is 10.1. The number of hydrogen-bond acceptors (Lipinski definition) is 6. The number of tetrazole rings is 1. The molecule has 0 saturated carbocycles.